The molecule has 6 atom stereocenters. The summed E-state index contributed by atoms with van der Waals surface area (Å²) >= 11 is 4.02. The average Bonchev–Trinajstić information content (AvgIpc) is 4.32. The van der Waals surface area contributed by atoms with Crippen molar-refractivity contribution >= 4 is 62.2 Å². The second-order valence-corrected chi connectivity index (χ2v) is 23.2. The van der Waals surface area contributed by atoms with E-state index in [1.165, 1.54) is 43.2 Å². The van der Waals surface area contributed by atoms with E-state index in [0.717, 1.165) is 54.2 Å². The van der Waals surface area contributed by atoms with Crippen LogP contribution in [0.3, 0.4) is 0 Å². The number of piperazine rings is 1. The van der Waals surface area contributed by atoms with Crippen LogP contribution in [0, 0.1) is 5.92 Å². The summed E-state index contributed by atoms with van der Waals surface area (Å²) in [6.07, 6.45) is 12.4. The van der Waals surface area contributed by atoms with Crippen molar-refractivity contribution in [3.63, 3.8) is 0 Å². The monoisotopic (exact) mass is 1120 g/mol. The van der Waals surface area contributed by atoms with Crippen LogP contribution in [-0.2, 0) is 11.3 Å². The number of nitrogens with zero attached hydrogens (tertiary/aromatic N) is 13. The van der Waals surface area contributed by atoms with Gasteiger partial charge in [-0.15, -0.1) is 0 Å². The molecule has 0 bridgehead atoms. The zero-order chi connectivity index (χ0) is 54.0. The topological polar surface area (TPSA) is 132 Å². The third-order valence-electron chi connectivity index (χ3n) is 14.5. The van der Waals surface area contributed by atoms with Crippen molar-refractivity contribution in [1.82, 2.24) is 54.3 Å². The van der Waals surface area contributed by atoms with Crippen LogP contribution in [-0.4, -0.2) is 165 Å². The molecule has 10 rings (SSSR count). The third-order valence-corrected chi connectivity index (χ3v) is 17.0. The Bertz CT molecular complexity index is 2730. The number of imidazole rings is 1. The second-order valence-electron chi connectivity index (χ2n) is 20.9. The molecule has 4 aromatic rings. The van der Waals surface area contributed by atoms with Gasteiger partial charge in [-0.1, -0.05) is 64.3 Å². The van der Waals surface area contributed by atoms with Gasteiger partial charge in [-0.05, 0) is 44.2 Å². The first-order chi connectivity index (χ1) is 35.9. The maximum atomic E-state index is 15.0. The molecule has 2 N–H and O–H groups in total. The van der Waals surface area contributed by atoms with Crippen LogP contribution in [0.25, 0.3) is 15.9 Å². The van der Waals surface area contributed by atoms with Crippen molar-refractivity contribution in [3.05, 3.63) is 81.6 Å². The molecule has 75 heavy (non-hydrogen) atoms. The SMILES string of the molecule is C1CC1.CC.CCC1=C(C2NC(N(CC(=O)N3C(C)CN(c4cc(NS)cn5c(-c6nnc(C(C)F)[se]6)ncc45)CC3C)Cc3ccc(C4N(C)C(C(C)(F)F)=CN4C(C)C)cc3)N=CN2C)C(C2CC2)=NCN1C. The van der Waals surface area contributed by atoms with Gasteiger partial charge in [0, 0.05) is 69.8 Å². The van der Waals surface area contributed by atoms with Crippen molar-refractivity contribution < 1.29 is 18.0 Å². The Labute approximate surface area is 453 Å². The van der Waals surface area contributed by atoms with Crippen LogP contribution < -0.4 is 14.9 Å². The van der Waals surface area contributed by atoms with Gasteiger partial charge in [0.1, 0.15) is 24.7 Å². The number of hydrogen-bond donors (Lipinski definition) is 3. The largest absolute Gasteiger partial charge is 0.358 e. The van der Waals surface area contributed by atoms with Gasteiger partial charge in [-0.25, -0.2) is 4.99 Å². The summed E-state index contributed by atoms with van der Waals surface area (Å²) in [6.45, 7) is 19.0. The standard InChI is InChI=1S/C49H66F3N15OSSe.C3H6.C2H6/c1-11-36-41(42(33-16-17-33)54-26-60(36)8)43-56-48(55-27-61(43)9)64(22-32-12-14-34(15-13-32)47-62(10)39(49(7,51)52)24-65(47)28(2)3)25-40(68)67-29(4)20-63(21-30(67)5)37-18-35(59-69)23-66-38(37)19-53-44(66)46-58-57-45(70-46)31(6)50;1-2-3-1;1-2/h12-15,18-19,23-24,27-31,33,43,47-48,56,59,69H,11,16-17,20-22,25-26H2,1-10H3;1-3H2;1-2H3. The van der Waals surface area contributed by atoms with E-state index < -0.39 is 24.5 Å². The number of carbonyl (C=O) groups excluding carboxylic acids is 1. The van der Waals surface area contributed by atoms with E-state index in [4.69, 9.17) is 15.0 Å². The van der Waals surface area contributed by atoms with Gasteiger partial charge in [-0.2, -0.15) is 8.78 Å². The van der Waals surface area contributed by atoms with Gasteiger partial charge < -0.3 is 19.6 Å². The number of likely N-dealkylation sites (N-methyl/N-ethyl adjacent to an activating group) is 1. The van der Waals surface area contributed by atoms with Crippen molar-refractivity contribution in [2.45, 2.75) is 156 Å². The van der Waals surface area contributed by atoms with Crippen molar-refractivity contribution in [2.24, 2.45) is 15.9 Å². The van der Waals surface area contributed by atoms with Crippen LogP contribution in [0.1, 0.15) is 129 Å². The summed E-state index contributed by atoms with van der Waals surface area (Å²) in [7, 11) is 5.85. The first-order valence-corrected chi connectivity index (χ1v) is 28.9. The van der Waals surface area contributed by atoms with E-state index in [2.05, 4.69) is 80.5 Å². The van der Waals surface area contributed by atoms with Crippen LogP contribution in [0.5, 0.6) is 0 Å². The molecule has 7 heterocycles. The van der Waals surface area contributed by atoms with Gasteiger partial charge in [0.25, 0.3) is 5.92 Å². The molecule has 0 radical (unpaired) electrons. The predicted octanol–water partition coefficient (Wildman–Crippen LogP) is 9.00. The van der Waals surface area contributed by atoms with Crippen LogP contribution in [0.4, 0.5) is 24.5 Å². The van der Waals surface area contributed by atoms with Gasteiger partial charge in [-0.3, -0.25) is 10.3 Å². The number of allylic oxidation sites excluding steroid dienone is 2. The molecular formula is C54H78F3N15OSSe. The number of aromatic nitrogens is 4. The van der Waals surface area contributed by atoms with E-state index in [0.29, 0.717) is 47.2 Å². The first kappa shape index (κ1) is 56.1. The third kappa shape index (κ3) is 12.2. The Kier molecular flexibility index (Phi) is 17.7. The minimum atomic E-state index is -2.99. The van der Waals surface area contributed by atoms with Crippen molar-refractivity contribution in [1.29, 1.82) is 0 Å². The Morgan fingerprint density at radius 3 is 2.28 bits per heavy atom. The fourth-order valence-electron chi connectivity index (χ4n) is 10.6. The molecule has 408 valence electrons. The molecule has 3 fully saturated rings. The summed E-state index contributed by atoms with van der Waals surface area (Å²) in [6, 6.07) is 9.78. The molecule has 6 unspecified atom stereocenters. The molecule has 4 aliphatic heterocycles. The quantitative estimate of drug-likeness (QED) is 0.0776. The zero-order valence-corrected chi connectivity index (χ0v) is 48.4. The second kappa shape index (κ2) is 23.7. The minimum Gasteiger partial charge on any atom is -0.358 e. The van der Waals surface area contributed by atoms with Crippen LogP contribution in [0.15, 0.2) is 75.9 Å². The number of anilines is 2. The minimum absolute atomic E-state index is 0.00975. The molecule has 1 amide bonds. The fourth-order valence-corrected chi connectivity index (χ4v) is 12.4. The van der Waals surface area contributed by atoms with Gasteiger partial charge in [0.15, 0.2) is 6.29 Å². The van der Waals surface area contributed by atoms with Gasteiger partial charge in [0.05, 0.1) is 6.34 Å². The van der Waals surface area contributed by atoms with Gasteiger partial charge >= 0.3 is 190 Å². The molecular weight excluding hydrogens is 1040 g/mol. The van der Waals surface area contributed by atoms with E-state index >= 15 is 4.79 Å². The maximum Gasteiger partial charge on any atom is 0.286 e. The molecule has 16 nitrogen and oxygen atoms in total. The first-order valence-electron chi connectivity index (χ1n) is 26.7. The van der Waals surface area contributed by atoms with Gasteiger partial charge in [0.2, 0.25) is 0 Å². The molecule has 0 spiro atoms. The van der Waals surface area contributed by atoms with Crippen LogP contribution in [0.2, 0.25) is 0 Å². The van der Waals surface area contributed by atoms with Crippen molar-refractivity contribution in [2.75, 3.05) is 57.1 Å². The number of nitrogens with one attached hydrogen (secondary N) is 2. The molecule has 1 aromatic carbocycles. The normalized spacial score (nSPS) is 23.4. The number of amides is 1. The maximum absolute atomic E-state index is 15.0. The summed E-state index contributed by atoms with van der Waals surface area (Å²) in [5, 5.41) is 12.3. The molecule has 3 aromatic heterocycles. The average molecular weight is 1120 g/mol. The number of aliphatic imine (C=N–C) groups is 2. The van der Waals surface area contributed by atoms with Crippen LogP contribution >= 0.6 is 12.8 Å². The number of carbonyl (C=O) groups is 1. The Balaban J connectivity index is 0.00000143. The summed E-state index contributed by atoms with van der Waals surface area (Å²) < 4.78 is 49.8. The van der Waals surface area contributed by atoms with E-state index in [1.54, 1.807) is 18.1 Å². The number of benzene rings is 1. The van der Waals surface area contributed by atoms with E-state index in [1.807, 2.05) is 98.0 Å². The Morgan fingerprint density at radius 2 is 1.71 bits per heavy atom. The molecule has 21 heteroatoms. The Hall–Kier alpha value is -5.08. The zero-order valence-electron chi connectivity index (χ0n) is 45.8. The van der Waals surface area contributed by atoms with E-state index in [-0.39, 0.29) is 56.9 Å². The van der Waals surface area contributed by atoms with E-state index in [9.17, 15) is 13.2 Å². The van der Waals surface area contributed by atoms with Crippen molar-refractivity contribution in [3.8, 4) is 10.4 Å². The summed E-state index contributed by atoms with van der Waals surface area (Å²) in [5.74, 6) is -1.96. The number of pyridine rings is 1. The molecule has 6 aliphatic rings. The number of rotatable bonds is 15. The smallest absolute Gasteiger partial charge is 0.286 e. The number of hydrogen-bond acceptors (Lipinski definition) is 15. The number of halogens is 3. The number of fused-ring (bicyclic) bond motifs is 1. The number of alkyl halides is 3. The summed E-state index contributed by atoms with van der Waals surface area (Å²) in [4.78, 5) is 44.3. The Morgan fingerprint density at radius 1 is 1.03 bits per heavy atom. The molecule has 2 saturated carbocycles. The predicted molar refractivity (Wildman–Crippen MR) is 299 cm³/mol. The molecule has 1 saturated heterocycles. The molecule has 2 aliphatic carbocycles. The summed E-state index contributed by atoms with van der Waals surface area (Å²) in [5.41, 5.74) is 7.97. The number of thiol groups is 1. The fraction of sp³-hybridized carbons (Fsp3) is 0.593.